The lowest BCUT2D eigenvalue weighted by Gasteiger charge is -2.07. The first-order valence-corrected chi connectivity index (χ1v) is 8.07. The highest BCUT2D eigenvalue weighted by atomic mass is 32.1. The summed E-state index contributed by atoms with van der Waals surface area (Å²) >= 11 is 1.34. The maximum absolute atomic E-state index is 13.3. The number of aromatic nitrogens is 2. The average Bonchev–Trinajstić information content (AvgIpc) is 2.88. The van der Waals surface area contributed by atoms with Crippen LogP contribution in [0.4, 0.5) is 20.8 Å². The van der Waals surface area contributed by atoms with Crippen molar-refractivity contribution in [3.05, 3.63) is 64.8 Å². The lowest BCUT2D eigenvalue weighted by Crippen LogP contribution is -2.14. The minimum atomic E-state index is -0.348. The standard InChI is InChI=1S/C17H15FN4OS/c1-10-8-14(6-7-19-10)21-16(23)15-17(24-11(2)20-15)22-13-5-3-4-12(18)9-13/h3-9,22H,1-2H3,(H,19,21,23). The summed E-state index contributed by atoms with van der Waals surface area (Å²) in [5, 5.41) is 7.17. The second kappa shape index (κ2) is 6.76. The van der Waals surface area contributed by atoms with Crippen molar-refractivity contribution in [3.63, 3.8) is 0 Å². The maximum Gasteiger partial charge on any atom is 0.277 e. The molecule has 2 heterocycles. The number of thiazole rings is 1. The van der Waals surface area contributed by atoms with Gasteiger partial charge in [0.05, 0.1) is 5.01 Å². The Balaban J connectivity index is 1.84. The summed E-state index contributed by atoms with van der Waals surface area (Å²) in [6.07, 6.45) is 1.63. The largest absolute Gasteiger partial charge is 0.345 e. The van der Waals surface area contributed by atoms with Crippen LogP contribution in [0.15, 0.2) is 42.6 Å². The van der Waals surface area contributed by atoms with E-state index in [1.54, 1.807) is 30.5 Å². The van der Waals surface area contributed by atoms with Gasteiger partial charge in [0.15, 0.2) is 5.69 Å². The van der Waals surface area contributed by atoms with E-state index in [1.165, 1.54) is 23.5 Å². The zero-order valence-corrected chi connectivity index (χ0v) is 13.9. The fraction of sp³-hybridized carbons (Fsp3) is 0.118. The van der Waals surface area contributed by atoms with Gasteiger partial charge in [0.2, 0.25) is 0 Å². The number of carbonyl (C=O) groups is 1. The fourth-order valence-corrected chi connectivity index (χ4v) is 3.01. The van der Waals surface area contributed by atoms with Gasteiger partial charge in [-0.25, -0.2) is 9.37 Å². The summed E-state index contributed by atoms with van der Waals surface area (Å²) in [5.41, 5.74) is 2.29. The number of anilines is 3. The molecule has 7 heteroatoms. The molecule has 0 aliphatic rings. The van der Waals surface area contributed by atoms with Crippen LogP contribution in [-0.4, -0.2) is 15.9 Å². The van der Waals surface area contributed by atoms with Crippen molar-refractivity contribution in [1.29, 1.82) is 0 Å². The number of nitrogens with zero attached hydrogens (tertiary/aromatic N) is 2. The van der Waals surface area contributed by atoms with Gasteiger partial charge in [-0.15, -0.1) is 11.3 Å². The molecule has 0 aliphatic carbocycles. The Bertz CT molecular complexity index is 894. The molecule has 0 aliphatic heterocycles. The lowest BCUT2D eigenvalue weighted by molar-refractivity contribution is 0.102. The number of aryl methyl sites for hydroxylation is 2. The number of hydrogen-bond donors (Lipinski definition) is 2. The van der Waals surface area contributed by atoms with Gasteiger partial charge in [-0.1, -0.05) is 6.07 Å². The second-order valence-corrected chi connectivity index (χ2v) is 6.39. The molecule has 1 amide bonds. The third-order valence-corrected chi connectivity index (χ3v) is 4.07. The third kappa shape index (κ3) is 3.75. The van der Waals surface area contributed by atoms with Crippen LogP contribution in [0.3, 0.4) is 0 Å². The fourth-order valence-electron chi connectivity index (χ4n) is 2.18. The number of hydrogen-bond acceptors (Lipinski definition) is 5. The number of carbonyl (C=O) groups excluding carboxylic acids is 1. The van der Waals surface area contributed by atoms with E-state index < -0.39 is 0 Å². The normalized spacial score (nSPS) is 10.5. The number of benzene rings is 1. The summed E-state index contributed by atoms with van der Waals surface area (Å²) in [6.45, 7) is 3.66. The van der Waals surface area contributed by atoms with Gasteiger partial charge < -0.3 is 10.6 Å². The number of halogens is 1. The summed E-state index contributed by atoms with van der Waals surface area (Å²) in [7, 11) is 0. The predicted molar refractivity (Wildman–Crippen MR) is 93.5 cm³/mol. The van der Waals surface area contributed by atoms with Crippen LogP contribution in [0.5, 0.6) is 0 Å². The van der Waals surface area contributed by atoms with Crippen LogP contribution in [-0.2, 0) is 0 Å². The number of pyridine rings is 1. The maximum atomic E-state index is 13.3. The van der Waals surface area contributed by atoms with Crippen LogP contribution in [0.2, 0.25) is 0 Å². The van der Waals surface area contributed by atoms with Gasteiger partial charge >= 0.3 is 0 Å². The summed E-state index contributed by atoms with van der Waals surface area (Å²) < 4.78 is 13.3. The monoisotopic (exact) mass is 342 g/mol. The average molecular weight is 342 g/mol. The van der Waals surface area contributed by atoms with E-state index in [0.717, 1.165) is 10.7 Å². The van der Waals surface area contributed by atoms with Crippen molar-refractivity contribution < 1.29 is 9.18 Å². The molecule has 2 N–H and O–H groups in total. The molecule has 3 aromatic rings. The Hall–Kier alpha value is -2.80. The quantitative estimate of drug-likeness (QED) is 0.742. The van der Waals surface area contributed by atoms with E-state index in [2.05, 4.69) is 20.6 Å². The second-order valence-electron chi connectivity index (χ2n) is 5.19. The van der Waals surface area contributed by atoms with Gasteiger partial charge in [0.25, 0.3) is 5.91 Å². The highest BCUT2D eigenvalue weighted by Gasteiger charge is 2.17. The third-order valence-electron chi connectivity index (χ3n) is 3.19. The van der Waals surface area contributed by atoms with Crippen molar-refractivity contribution in [3.8, 4) is 0 Å². The molecule has 0 saturated carbocycles. The molecular weight excluding hydrogens is 327 g/mol. The molecule has 24 heavy (non-hydrogen) atoms. The molecule has 0 fully saturated rings. The number of rotatable bonds is 4. The van der Waals surface area contributed by atoms with Gasteiger partial charge in [0.1, 0.15) is 10.8 Å². The van der Waals surface area contributed by atoms with Gasteiger partial charge in [-0.05, 0) is 44.2 Å². The van der Waals surface area contributed by atoms with Crippen molar-refractivity contribution in [1.82, 2.24) is 9.97 Å². The first-order chi connectivity index (χ1) is 11.5. The Kier molecular flexibility index (Phi) is 4.52. The molecule has 0 bridgehead atoms. The van der Waals surface area contributed by atoms with Crippen molar-refractivity contribution >= 4 is 33.6 Å². The predicted octanol–water partition coefficient (Wildman–Crippen LogP) is 4.29. The molecule has 2 aromatic heterocycles. The topological polar surface area (TPSA) is 66.9 Å². The minimum absolute atomic E-state index is 0.274. The Morgan fingerprint density at radius 3 is 2.75 bits per heavy atom. The first kappa shape index (κ1) is 16.1. The van der Waals surface area contributed by atoms with Crippen LogP contribution in [0.25, 0.3) is 0 Å². The molecular formula is C17H15FN4OS. The number of amides is 1. The van der Waals surface area contributed by atoms with Crippen LogP contribution in [0, 0.1) is 19.7 Å². The molecule has 0 unspecified atom stereocenters. The Labute approximate surface area is 142 Å². The Morgan fingerprint density at radius 1 is 1.17 bits per heavy atom. The van der Waals surface area contributed by atoms with Crippen molar-refractivity contribution in [2.24, 2.45) is 0 Å². The molecule has 0 atom stereocenters. The SMILES string of the molecule is Cc1cc(NC(=O)c2nc(C)sc2Nc2cccc(F)c2)ccn1. The number of nitrogens with one attached hydrogen (secondary N) is 2. The van der Waals surface area contributed by atoms with Crippen LogP contribution in [0.1, 0.15) is 21.2 Å². The van der Waals surface area contributed by atoms with Crippen LogP contribution < -0.4 is 10.6 Å². The molecule has 0 radical (unpaired) electrons. The highest BCUT2D eigenvalue weighted by molar-refractivity contribution is 7.16. The zero-order valence-electron chi connectivity index (χ0n) is 13.1. The smallest absolute Gasteiger partial charge is 0.277 e. The van der Waals surface area contributed by atoms with E-state index in [0.29, 0.717) is 16.4 Å². The summed E-state index contributed by atoms with van der Waals surface area (Å²) in [6, 6.07) is 9.54. The van der Waals surface area contributed by atoms with Gasteiger partial charge in [-0.2, -0.15) is 0 Å². The van der Waals surface area contributed by atoms with Crippen molar-refractivity contribution in [2.45, 2.75) is 13.8 Å². The Morgan fingerprint density at radius 2 is 2.00 bits per heavy atom. The van der Waals surface area contributed by atoms with E-state index >= 15 is 0 Å². The van der Waals surface area contributed by atoms with Gasteiger partial charge in [0, 0.05) is 23.3 Å². The molecule has 0 spiro atoms. The summed E-state index contributed by atoms with van der Waals surface area (Å²) in [4.78, 5) is 20.9. The highest BCUT2D eigenvalue weighted by Crippen LogP contribution is 2.28. The van der Waals surface area contributed by atoms with Gasteiger partial charge in [-0.3, -0.25) is 9.78 Å². The summed E-state index contributed by atoms with van der Waals surface area (Å²) in [5.74, 6) is -0.677. The first-order valence-electron chi connectivity index (χ1n) is 7.25. The molecule has 5 nitrogen and oxygen atoms in total. The molecule has 1 aromatic carbocycles. The molecule has 0 saturated heterocycles. The van der Waals surface area contributed by atoms with E-state index in [4.69, 9.17) is 0 Å². The lowest BCUT2D eigenvalue weighted by atomic mass is 10.3. The minimum Gasteiger partial charge on any atom is -0.345 e. The van der Waals surface area contributed by atoms with E-state index in [1.807, 2.05) is 13.8 Å². The molecule has 122 valence electrons. The van der Waals surface area contributed by atoms with Crippen LogP contribution >= 0.6 is 11.3 Å². The van der Waals surface area contributed by atoms with E-state index in [9.17, 15) is 9.18 Å². The zero-order chi connectivity index (χ0) is 17.1. The molecule has 3 rings (SSSR count). The van der Waals surface area contributed by atoms with E-state index in [-0.39, 0.29) is 17.4 Å². The van der Waals surface area contributed by atoms with Crippen molar-refractivity contribution in [2.75, 3.05) is 10.6 Å².